The van der Waals surface area contributed by atoms with Gasteiger partial charge in [-0.1, -0.05) is 56.5 Å². The quantitative estimate of drug-likeness (QED) is 0.469. The zero-order chi connectivity index (χ0) is 20.6. The van der Waals surface area contributed by atoms with Crippen LogP contribution in [0.2, 0.25) is 0 Å². The van der Waals surface area contributed by atoms with Gasteiger partial charge in [0.1, 0.15) is 5.75 Å². The molecule has 0 aliphatic heterocycles. The molecule has 0 aliphatic rings. The average Bonchev–Trinajstić information content (AvgIpc) is 3.08. The maximum Gasteiger partial charge on any atom is 0.220 e. The highest BCUT2D eigenvalue weighted by Crippen LogP contribution is 2.35. The number of fused-ring (bicyclic) bond motifs is 1. The molecule has 1 N–H and O–H groups in total. The van der Waals surface area contributed by atoms with Gasteiger partial charge < -0.3 is 14.6 Å². The van der Waals surface area contributed by atoms with Crippen molar-refractivity contribution in [2.75, 3.05) is 13.7 Å². The molecule has 2 aromatic carbocycles. The van der Waals surface area contributed by atoms with Crippen LogP contribution in [0.1, 0.15) is 56.1 Å². The number of aromatic nitrogens is 1. The van der Waals surface area contributed by atoms with Gasteiger partial charge in [-0.15, -0.1) is 0 Å². The topological polar surface area (TPSA) is 43.3 Å². The highest BCUT2D eigenvalue weighted by atomic mass is 16.5. The first-order valence-electron chi connectivity index (χ1n) is 10.6. The second kappa shape index (κ2) is 10.1. The van der Waals surface area contributed by atoms with Crippen molar-refractivity contribution in [2.45, 2.75) is 44.9 Å². The first-order valence-corrected chi connectivity index (χ1v) is 10.6. The van der Waals surface area contributed by atoms with E-state index in [0.29, 0.717) is 6.42 Å². The molecule has 154 valence electrons. The van der Waals surface area contributed by atoms with E-state index in [9.17, 15) is 4.79 Å². The molecule has 1 atom stereocenters. The molecule has 0 saturated carbocycles. The lowest BCUT2D eigenvalue weighted by Gasteiger charge is -2.18. The fraction of sp³-hybridized carbons (Fsp3) is 0.400. The van der Waals surface area contributed by atoms with Gasteiger partial charge in [0.15, 0.2) is 0 Å². The van der Waals surface area contributed by atoms with Gasteiger partial charge in [-0.2, -0.15) is 0 Å². The van der Waals surface area contributed by atoms with Crippen LogP contribution in [0, 0.1) is 0 Å². The summed E-state index contributed by atoms with van der Waals surface area (Å²) in [6.45, 7) is 2.95. The Labute approximate surface area is 173 Å². The first-order chi connectivity index (χ1) is 14.1. The van der Waals surface area contributed by atoms with E-state index in [1.54, 1.807) is 7.11 Å². The van der Waals surface area contributed by atoms with Crippen molar-refractivity contribution in [3.05, 3.63) is 65.9 Å². The molecule has 1 heterocycles. The molecule has 4 heteroatoms. The van der Waals surface area contributed by atoms with E-state index in [0.717, 1.165) is 24.3 Å². The van der Waals surface area contributed by atoms with E-state index in [1.807, 2.05) is 12.1 Å². The normalized spacial score (nSPS) is 12.1. The van der Waals surface area contributed by atoms with Gasteiger partial charge in [-0.25, -0.2) is 0 Å². The van der Waals surface area contributed by atoms with E-state index >= 15 is 0 Å². The maximum atomic E-state index is 12.8. The first kappa shape index (κ1) is 21.0. The average molecular weight is 393 g/mol. The minimum absolute atomic E-state index is 0.00245. The van der Waals surface area contributed by atoms with E-state index in [4.69, 9.17) is 4.74 Å². The number of carbonyl (C=O) groups excluding carboxylic acids is 1. The molecular weight excluding hydrogens is 360 g/mol. The molecule has 0 unspecified atom stereocenters. The Bertz CT molecular complexity index is 928. The van der Waals surface area contributed by atoms with Crippen LogP contribution in [0.25, 0.3) is 10.9 Å². The van der Waals surface area contributed by atoms with Gasteiger partial charge in [0.2, 0.25) is 5.91 Å². The standard InChI is InChI=1S/C25H32N2O2/c1-4-5-6-9-16-26-25(28)17-22(19-12-14-20(29-3)15-13-19)23-18-27(2)24-11-8-7-10-21(23)24/h7-8,10-15,18,22H,4-6,9,16-17H2,1-3H3,(H,26,28)/t22-/m1/s1. The summed E-state index contributed by atoms with van der Waals surface area (Å²) in [5.74, 6) is 0.934. The lowest BCUT2D eigenvalue weighted by atomic mass is 9.88. The van der Waals surface area contributed by atoms with Crippen LogP contribution in [0.15, 0.2) is 54.7 Å². The Kier molecular flexibility index (Phi) is 7.34. The van der Waals surface area contributed by atoms with Gasteiger partial charge in [-0.3, -0.25) is 4.79 Å². The monoisotopic (exact) mass is 392 g/mol. The molecule has 4 nitrogen and oxygen atoms in total. The summed E-state index contributed by atoms with van der Waals surface area (Å²) < 4.78 is 7.45. The molecule has 0 radical (unpaired) electrons. The molecule has 0 bridgehead atoms. The molecule has 0 fully saturated rings. The number of carbonyl (C=O) groups is 1. The molecule has 3 rings (SSSR count). The number of nitrogens with one attached hydrogen (secondary N) is 1. The Balaban J connectivity index is 1.84. The summed E-state index contributed by atoms with van der Waals surface area (Å²) >= 11 is 0. The van der Waals surface area contributed by atoms with Gasteiger partial charge >= 0.3 is 0 Å². The molecular formula is C25H32N2O2. The summed E-state index contributed by atoms with van der Waals surface area (Å²) in [5.41, 5.74) is 3.50. The number of unbranched alkanes of at least 4 members (excludes halogenated alkanes) is 3. The molecule has 29 heavy (non-hydrogen) atoms. The zero-order valence-corrected chi connectivity index (χ0v) is 17.8. The van der Waals surface area contributed by atoms with Gasteiger partial charge in [0.05, 0.1) is 7.11 Å². The molecule has 0 saturated heterocycles. The van der Waals surface area contributed by atoms with Crippen LogP contribution in [-0.4, -0.2) is 24.1 Å². The van der Waals surface area contributed by atoms with Crippen molar-refractivity contribution in [1.82, 2.24) is 9.88 Å². The van der Waals surface area contributed by atoms with Gasteiger partial charge in [-0.05, 0) is 35.7 Å². The number of ether oxygens (including phenoxy) is 1. The van der Waals surface area contributed by atoms with Crippen LogP contribution < -0.4 is 10.1 Å². The van der Waals surface area contributed by atoms with Crippen LogP contribution in [0.4, 0.5) is 0 Å². The number of nitrogens with zero attached hydrogens (tertiary/aromatic N) is 1. The highest BCUT2D eigenvalue weighted by Gasteiger charge is 2.22. The van der Waals surface area contributed by atoms with Crippen LogP contribution >= 0.6 is 0 Å². The number of rotatable bonds is 10. The number of para-hydroxylation sites is 1. The number of amides is 1. The smallest absolute Gasteiger partial charge is 0.220 e. The van der Waals surface area contributed by atoms with E-state index in [-0.39, 0.29) is 11.8 Å². The van der Waals surface area contributed by atoms with Crippen LogP contribution in [0.3, 0.4) is 0 Å². The van der Waals surface area contributed by atoms with Gasteiger partial charge in [0, 0.05) is 43.0 Å². The zero-order valence-electron chi connectivity index (χ0n) is 17.8. The number of methoxy groups -OCH3 is 1. The lowest BCUT2D eigenvalue weighted by molar-refractivity contribution is -0.121. The summed E-state index contributed by atoms with van der Waals surface area (Å²) in [7, 11) is 3.73. The summed E-state index contributed by atoms with van der Waals surface area (Å²) in [5, 5.41) is 4.32. The van der Waals surface area contributed by atoms with Crippen molar-refractivity contribution in [3.8, 4) is 5.75 Å². The Morgan fingerprint density at radius 1 is 1.07 bits per heavy atom. The Morgan fingerprint density at radius 3 is 2.55 bits per heavy atom. The third-order valence-corrected chi connectivity index (χ3v) is 5.56. The maximum absolute atomic E-state index is 12.8. The van der Waals surface area contributed by atoms with Crippen molar-refractivity contribution >= 4 is 16.8 Å². The number of aryl methyl sites for hydroxylation is 1. The largest absolute Gasteiger partial charge is 0.497 e. The third-order valence-electron chi connectivity index (χ3n) is 5.56. The highest BCUT2D eigenvalue weighted by molar-refractivity contribution is 5.86. The fourth-order valence-corrected chi connectivity index (χ4v) is 3.93. The molecule has 0 aliphatic carbocycles. The Morgan fingerprint density at radius 2 is 1.83 bits per heavy atom. The second-order valence-electron chi connectivity index (χ2n) is 7.65. The molecule has 1 aromatic heterocycles. The summed E-state index contributed by atoms with van der Waals surface area (Å²) in [6, 6.07) is 16.5. The van der Waals surface area contributed by atoms with Crippen molar-refractivity contribution < 1.29 is 9.53 Å². The van der Waals surface area contributed by atoms with E-state index in [1.165, 1.54) is 35.7 Å². The number of hydrogen-bond donors (Lipinski definition) is 1. The lowest BCUT2D eigenvalue weighted by Crippen LogP contribution is -2.26. The minimum atomic E-state index is 0.00245. The predicted octanol–water partition coefficient (Wildman–Crippen LogP) is 5.41. The fourth-order valence-electron chi connectivity index (χ4n) is 3.93. The molecule has 1 amide bonds. The van der Waals surface area contributed by atoms with Crippen molar-refractivity contribution in [1.29, 1.82) is 0 Å². The second-order valence-corrected chi connectivity index (χ2v) is 7.65. The Hall–Kier alpha value is -2.75. The molecule has 0 spiro atoms. The van der Waals surface area contributed by atoms with E-state index < -0.39 is 0 Å². The van der Waals surface area contributed by atoms with Crippen LogP contribution in [-0.2, 0) is 11.8 Å². The number of hydrogen-bond acceptors (Lipinski definition) is 2. The van der Waals surface area contributed by atoms with E-state index in [2.05, 4.69) is 66.5 Å². The SMILES string of the molecule is CCCCCCNC(=O)C[C@H](c1ccc(OC)cc1)c1cn(C)c2ccccc12. The third kappa shape index (κ3) is 5.20. The summed E-state index contributed by atoms with van der Waals surface area (Å²) in [4.78, 5) is 12.8. The van der Waals surface area contributed by atoms with Crippen molar-refractivity contribution in [3.63, 3.8) is 0 Å². The minimum Gasteiger partial charge on any atom is -0.497 e. The van der Waals surface area contributed by atoms with Gasteiger partial charge in [0.25, 0.3) is 0 Å². The predicted molar refractivity (Wildman–Crippen MR) is 120 cm³/mol. The number of benzene rings is 2. The van der Waals surface area contributed by atoms with Crippen molar-refractivity contribution in [2.24, 2.45) is 7.05 Å². The van der Waals surface area contributed by atoms with Crippen LogP contribution in [0.5, 0.6) is 5.75 Å². The summed E-state index contributed by atoms with van der Waals surface area (Å²) in [6.07, 6.45) is 7.24. The molecule has 3 aromatic rings.